The van der Waals surface area contributed by atoms with Crippen LogP contribution in [-0.4, -0.2) is 34.5 Å². The zero-order valence-corrected chi connectivity index (χ0v) is 10.4. The van der Waals surface area contributed by atoms with E-state index in [-0.39, 0.29) is 13.0 Å². The van der Waals surface area contributed by atoms with Crippen LogP contribution in [0.15, 0.2) is 12.1 Å². The molecule has 0 bridgehead atoms. The molecule has 1 unspecified atom stereocenters. The maximum Gasteiger partial charge on any atom is 0.326 e. The second-order valence-electron chi connectivity index (χ2n) is 4.59. The lowest BCUT2D eigenvalue weighted by Gasteiger charge is -2.33. The van der Waals surface area contributed by atoms with E-state index < -0.39 is 40.9 Å². The number of carbonyl (C=O) groups excluding carboxylic acids is 1. The van der Waals surface area contributed by atoms with Crippen LogP contribution < -0.4 is 0 Å². The molecule has 108 valence electrons. The molecule has 1 aromatic rings. The van der Waals surface area contributed by atoms with Gasteiger partial charge in [-0.3, -0.25) is 4.79 Å². The minimum absolute atomic E-state index is 0.103. The summed E-state index contributed by atoms with van der Waals surface area (Å²) in [4.78, 5) is 24.1. The first-order chi connectivity index (χ1) is 9.41. The van der Waals surface area contributed by atoms with Gasteiger partial charge in [0.05, 0.1) is 0 Å². The number of aliphatic carboxylic acids is 1. The van der Waals surface area contributed by atoms with Crippen LogP contribution in [0.25, 0.3) is 0 Å². The van der Waals surface area contributed by atoms with Gasteiger partial charge >= 0.3 is 5.97 Å². The molecule has 2 rings (SSSR count). The number of carboxylic acids is 1. The summed E-state index contributed by atoms with van der Waals surface area (Å²) in [5.41, 5.74) is -0.917. The first kappa shape index (κ1) is 14.4. The highest BCUT2D eigenvalue weighted by molar-refractivity contribution is 5.97. The molecule has 0 spiro atoms. The summed E-state index contributed by atoms with van der Waals surface area (Å²) >= 11 is 0. The summed E-state index contributed by atoms with van der Waals surface area (Å²) < 4.78 is 40.0. The Morgan fingerprint density at radius 2 is 1.75 bits per heavy atom. The molecule has 20 heavy (non-hydrogen) atoms. The number of rotatable bonds is 2. The molecule has 7 heteroatoms. The number of amides is 1. The number of benzene rings is 1. The van der Waals surface area contributed by atoms with Gasteiger partial charge in [0.15, 0.2) is 0 Å². The zero-order valence-electron chi connectivity index (χ0n) is 10.4. The van der Waals surface area contributed by atoms with E-state index in [0.717, 1.165) is 4.90 Å². The molecule has 1 aliphatic heterocycles. The number of carbonyl (C=O) groups is 2. The van der Waals surface area contributed by atoms with Crippen LogP contribution in [0.2, 0.25) is 0 Å². The van der Waals surface area contributed by atoms with Crippen LogP contribution >= 0.6 is 0 Å². The molecule has 0 aliphatic carbocycles. The molecule has 1 aromatic carbocycles. The number of hydrogen-bond acceptors (Lipinski definition) is 2. The maximum atomic E-state index is 13.6. The SMILES string of the molecule is O=C(O)C1CCCCN1C(=O)c1c(F)cc(F)cc1F. The lowest BCUT2D eigenvalue weighted by atomic mass is 10.0. The van der Waals surface area contributed by atoms with Crippen LogP contribution in [0, 0.1) is 17.5 Å². The van der Waals surface area contributed by atoms with Crippen LogP contribution in [0.5, 0.6) is 0 Å². The van der Waals surface area contributed by atoms with Gasteiger partial charge < -0.3 is 10.0 Å². The molecule has 1 saturated heterocycles. The largest absolute Gasteiger partial charge is 0.480 e. The number of halogens is 3. The molecule has 1 N–H and O–H groups in total. The Morgan fingerprint density at radius 3 is 2.30 bits per heavy atom. The van der Waals surface area contributed by atoms with Crippen molar-refractivity contribution in [3.8, 4) is 0 Å². The molecule has 4 nitrogen and oxygen atoms in total. The number of likely N-dealkylation sites (tertiary alicyclic amines) is 1. The molecule has 1 aliphatic rings. The molecule has 1 fully saturated rings. The van der Waals surface area contributed by atoms with Crippen LogP contribution in [0.4, 0.5) is 13.2 Å². The zero-order chi connectivity index (χ0) is 14.9. The van der Waals surface area contributed by atoms with Gasteiger partial charge in [-0.25, -0.2) is 18.0 Å². The molecule has 1 atom stereocenters. The fraction of sp³-hybridized carbons (Fsp3) is 0.385. The fourth-order valence-corrected chi connectivity index (χ4v) is 2.32. The van der Waals surface area contributed by atoms with Crippen molar-refractivity contribution >= 4 is 11.9 Å². The summed E-state index contributed by atoms with van der Waals surface area (Å²) in [5.74, 6) is -6.08. The van der Waals surface area contributed by atoms with Crippen molar-refractivity contribution in [3.05, 3.63) is 35.1 Å². The average molecular weight is 287 g/mol. The second-order valence-corrected chi connectivity index (χ2v) is 4.59. The highest BCUT2D eigenvalue weighted by Gasteiger charge is 2.34. The van der Waals surface area contributed by atoms with Gasteiger partial charge in [-0.2, -0.15) is 0 Å². The number of piperidine rings is 1. The minimum atomic E-state index is -1.33. The van der Waals surface area contributed by atoms with E-state index in [4.69, 9.17) is 5.11 Å². The highest BCUT2D eigenvalue weighted by atomic mass is 19.1. The lowest BCUT2D eigenvalue weighted by Crippen LogP contribution is -2.48. The summed E-state index contributed by atoms with van der Waals surface area (Å²) in [7, 11) is 0. The number of carboxylic acid groups (broad SMARTS) is 1. The Bertz CT molecular complexity index is 539. The van der Waals surface area contributed by atoms with E-state index in [0.29, 0.717) is 25.0 Å². The Kier molecular flexibility index (Phi) is 3.96. The van der Waals surface area contributed by atoms with Crippen LogP contribution in [0.3, 0.4) is 0 Å². The molecule has 0 saturated carbocycles. The minimum Gasteiger partial charge on any atom is -0.480 e. The van der Waals surface area contributed by atoms with Gasteiger partial charge in [0.25, 0.3) is 5.91 Å². The number of nitrogens with zero attached hydrogens (tertiary/aromatic N) is 1. The third-order valence-electron chi connectivity index (χ3n) is 3.27. The fourth-order valence-electron chi connectivity index (χ4n) is 2.32. The second kappa shape index (κ2) is 5.52. The molecule has 0 aromatic heterocycles. The molecular formula is C13H12F3NO3. The van der Waals surface area contributed by atoms with Gasteiger partial charge in [0.2, 0.25) is 0 Å². The van der Waals surface area contributed by atoms with Crippen molar-refractivity contribution in [2.75, 3.05) is 6.54 Å². The Labute approximate surface area is 112 Å². The first-order valence-electron chi connectivity index (χ1n) is 6.10. The Morgan fingerprint density at radius 1 is 1.15 bits per heavy atom. The molecule has 1 heterocycles. The first-order valence-corrected chi connectivity index (χ1v) is 6.10. The van der Waals surface area contributed by atoms with Gasteiger partial charge in [-0.05, 0) is 19.3 Å². The van der Waals surface area contributed by atoms with Gasteiger partial charge in [0, 0.05) is 18.7 Å². The van der Waals surface area contributed by atoms with Crippen molar-refractivity contribution in [3.63, 3.8) is 0 Å². The maximum absolute atomic E-state index is 13.6. The summed E-state index contributed by atoms with van der Waals surface area (Å²) in [5, 5.41) is 9.05. The Balaban J connectivity index is 2.37. The van der Waals surface area contributed by atoms with Crippen molar-refractivity contribution in [2.45, 2.75) is 25.3 Å². The molecule has 1 amide bonds. The summed E-state index contributed by atoms with van der Waals surface area (Å²) in [6.45, 7) is 0.103. The normalized spacial score (nSPS) is 18.9. The van der Waals surface area contributed by atoms with Gasteiger partial charge in [0.1, 0.15) is 29.1 Å². The average Bonchev–Trinajstić information content (AvgIpc) is 2.37. The smallest absolute Gasteiger partial charge is 0.326 e. The Hall–Kier alpha value is -2.05. The van der Waals surface area contributed by atoms with Crippen LogP contribution in [0.1, 0.15) is 29.6 Å². The summed E-state index contributed by atoms with van der Waals surface area (Å²) in [6, 6.07) is -0.313. The highest BCUT2D eigenvalue weighted by Crippen LogP contribution is 2.23. The monoisotopic (exact) mass is 287 g/mol. The third kappa shape index (κ3) is 2.61. The molecule has 0 radical (unpaired) electrons. The topological polar surface area (TPSA) is 57.6 Å². The van der Waals surface area contributed by atoms with Crippen molar-refractivity contribution in [1.29, 1.82) is 0 Å². The van der Waals surface area contributed by atoms with Crippen LogP contribution in [-0.2, 0) is 4.79 Å². The van der Waals surface area contributed by atoms with Crippen molar-refractivity contribution in [2.24, 2.45) is 0 Å². The molecular weight excluding hydrogens is 275 g/mol. The standard InChI is InChI=1S/C13H12F3NO3/c14-7-5-8(15)11(9(16)6-7)12(18)17-4-2-1-3-10(17)13(19)20/h5-6,10H,1-4H2,(H,19,20). The van der Waals surface area contributed by atoms with E-state index in [1.165, 1.54) is 0 Å². The predicted molar refractivity (Wildman–Crippen MR) is 62.6 cm³/mol. The van der Waals surface area contributed by atoms with E-state index in [1.807, 2.05) is 0 Å². The summed E-state index contributed by atoms with van der Waals surface area (Å²) in [6.07, 6.45) is 1.40. The van der Waals surface area contributed by atoms with Crippen molar-refractivity contribution in [1.82, 2.24) is 4.90 Å². The lowest BCUT2D eigenvalue weighted by molar-refractivity contribution is -0.143. The quantitative estimate of drug-likeness (QED) is 0.907. The van der Waals surface area contributed by atoms with Gasteiger partial charge in [-0.15, -0.1) is 0 Å². The third-order valence-corrected chi connectivity index (χ3v) is 3.27. The van der Waals surface area contributed by atoms with E-state index in [9.17, 15) is 22.8 Å². The van der Waals surface area contributed by atoms with Gasteiger partial charge in [-0.1, -0.05) is 0 Å². The van der Waals surface area contributed by atoms with E-state index in [2.05, 4.69) is 0 Å². The van der Waals surface area contributed by atoms with Crippen molar-refractivity contribution < 1.29 is 27.9 Å². The number of hydrogen-bond donors (Lipinski definition) is 1. The van der Waals surface area contributed by atoms with E-state index in [1.54, 1.807) is 0 Å². The predicted octanol–water partition coefficient (Wildman–Crippen LogP) is 2.18. The van der Waals surface area contributed by atoms with E-state index >= 15 is 0 Å².